The van der Waals surface area contributed by atoms with Crippen LogP contribution in [0.2, 0.25) is 5.02 Å². The van der Waals surface area contributed by atoms with Crippen LogP contribution in [0.3, 0.4) is 0 Å². The lowest BCUT2D eigenvalue weighted by atomic mass is 10.1. The molecule has 0 fully saturated rings. The van der Waals surface area contributed by atoms with Crippen molar-refractivity contribution in [3.8, 4) is 17.6 Å². The third kappa shape index (κ3) is 4.95. The van der Waals surface area contributed by atoms with E-state index >= 15 is 0 Å². The molecular weight excluding hydrogens is 362 g/mol. The summed E-state index contributed by atoms with van der Waals surface area (Å²) >= 11 is 7.51. The monoisotopic (exact) mass is 377 g/mol. The lowest BCUT2D eigenvalue weighted by molar-refractivity contribution is -0.112. The zero-order chi connectivity index (χ0) is 18.2. The van der Waals surface area contributed by atoms with Gasteiger partial charge in [0.1, 0.15) is 11.6 Å². The number of nitrogens with zero attached hydrogens (tertiary/aromatic N) is 2. The smallest absolute Gasteiger partial charge is 0.268 e. The number of hydrogen-bond donors (Lipinski definition) is 1. The number of hydrogen-bond acceptors (Lipinski definition) is 6. The summed E-state index contributed by atoms with van der Waals surface area (Å²) in [5.74, 6) is 0.331. The average Bonchev–Trinajstić information content (AvgIpc) is 3.11. The van der Waals surface area contributed by atoms with E-state index in [9.17, 15) is 10.1 Å². The minimum absolute atomic E-state index is 0.0736. The van der Waals surface area contributed by atoms with Crippen molar-refractivity contribution in [2.75, 3.05) is 19.0 Å². The molecule has 1 aromatic heterocycles. The number of methoxy groups -OCH3 is 1. The average molecular weight is 378 g/mol. The highest BCUT2D eigenvalue weighted by Crippen LogP contribution is 2.37. The number of carbonyl (C=O) groups excluding carboxylic acids is 1. The Morgan fingerprint density at radius 1 is 1.52 bits per heavy atom. The van der Waals surface area contributed by atoms with Gasteiger partial charge >= 0.3 is 0 Å². The van der Waals surface area contributed by atoms with Gasteiger partial charge in [0, 0.05) is 11.6 Å². The zero-order valence-electron chi connectivity index (χ0n) is 13.7. The Hall–Kier alpha value is -2.56. The molecule has 6 nitrogen and oxygen atoms in total. The molecule has 130 valence electrons. The molecular formula is C17H16ClN3O3S. The molecule has 1 aromatic carbocycles. The first-order chi connectivity index (χ1) is 12.1. The van der Waals surface area contributed by atoms with Gasteiger partial charge in [-0.15, -0.1) is 11.3 Å². The van der Waals surface area contributed by atoms with Gasteiger partial charge in [-0.05, 0) is 30.2 Å². The predicted molar refractivity (Wildman–Crippen MR) is 98.1 cm³/mol. The van der Waals surface area contributed by atoms with E-state index in [1.807, 2.05) is 13.0 Å². The normalized spacial score (nSPS) is 10.9. The molecule has 2 aromatic rings. The van der Waals surface area contributed by atoms with Gasteiger partial charge in [-0.2, -0.15) is 5.26 Å². The second kappa shape index (κ2) is 9.06. The molecule has 0 spiro atoms. The van der Waals surface area contributed by atoms with Crippen molar-refractivity contribution < 1.29 is 14.3 Å². The number of ether oxygens (including phenoxy) is 2. The van der Waals surface area contributed by atoms with E-state index in [2.05, 4.69) is 10.3 Å². The molecule has 1 N–H and O–H groups in total. The number of amides is 1. The van der Waals surface area contributed by atoms with E-state index in [0.717, 1.165) is 6.42 Å². The number of halogens is 1. The molecule has 0 aliphatic heterocycles. The first-order valence-electron chi connectivity index (χ1n) is 7.42. The molecule has 0 unspecified atom stereocenters. The van der Waals surface area contributed by atoms with Crippen LogP contribution in [0.25, 0.3) is 6.08 Å². The highest BCUT2D eigenvalue weighted by atomic mass is 35.5. The van der Waals surface area contributed by atoms with Crippen LogP contribution < -0.4 is 14.8 Å². The van der Waals surface area contributed by atoms with Gasteiger partial charge in [0.2, 0.25) is 0 Å². The lowest BCUT2D eigenvalue weighted by Gasteiger charge is -2.12. The lowest BCUT2D eigenvalue weighted by Crippen LogP contribution is -2.13. The summed E-state index contributed by atoms with van der Waals surface area (Å²) in [6.07, 6.45) is 3.83. The van der Waals surface area contributed by atoms with E-state index in [0.29, 0.717) is 33.8 Å². The Kier molecular flexibility index (Phi) is 6.81. The van der Waals surface area contributed by atoms with Crippen LogP contribution in [0, 0.1) is 11.3 Å². The number of thiazole rings is 1. The number of benzene rings is 1. The topological polar surface area (TPSA) is 84.2 Å². The Labute approximate surface area is 154 Å². The Bertz CT molecular complexity index is 813. The molecule has 8 heteroatoms. The Morgan fingerprint density at radius 3 is 2.92 bits per heavy atom. The molecule has 2 rings (SSSR count). The van der Waals surface area contributed by atoms with Gasteiger partial charge in [0.25, 0.3) is 5.91 Å². The second-order valence-electron chi connectivity index (χ2n) is 4.84. The Balaban J connectivity index is 2.29. The largest absolute Gasteiger partial charge is 0.493 e. The summed E-state index contributed by atoms with van der Waals surface area (Å²) in [6, 6.07) is 5.15. The van der Waals surface area contributed by atoms with Gasteiger partial charge in [-0.3, -0.25) is 10.1 Å². The summed E-state index contributed by atoms with van der Waals surface area (Å²) in [7, 11) is 1.50. The fourth-order valence-electron chi connectivity index (χ4n) is 1.93. The fraction of sp³-hybridized carbons (Fsp3) is 0.235. The summed E-state index contributed by atoms with van der Waals surface area (Å²) in [6.45, 7) is 2.49. The molecule has 1 amide bonds. The third-order valence-electron chi connectivity index (χ3n) is 3.03. The summed E-state index contributed by atoms with van der Waals surface area (Å²) < 4.78 is 10.9. The van der Waals surface area contributed by atoms with Crippen LogP contribution in [0.4, 0.5) is 5.13 Å². The van der Waals surface area contributed by atoms with Crippen molar-refractivity contribution in [2.24, 2.45) is 0 Å². The highest BCUT2D eigenvalue weighted by Gasteiger charge is 2.14. The summed E-state index contributed by atoms with van der Waals surface area (Å²) in [5, 5.41) is 14.3. The van der Waals surface area contributed by atoms with Crippen LogP contribution in [-0.4, -0.2) is 24.6 Å². The highest BCUT2D eigenvalue weighted by molar-refractivity contribution is 7.13. The van der Waals surface area contributed by atoms with E-state index in [1.165, 1.54) is 24.5 Å². The van der Waals surface area contributed by atoms with E-state index in [1.54, 1.807) is 23.7 Å². The maximum Gasteiger partial charge on any atom is 0.268 e. The number of aromatic nitrogens is 1. The third-order valence-corrected chi connectivity index (χ3v) is 4.00. The minimum atomic E-state index is -0.543. The van der Waals surface area contributed by atoms with Gasteiger partial charge < -0.3 is 9.47 Å². The molecule has 0 aliphatic carbocycles. The molecule has 0 saturated carbocycles. The SMILES string of the molecule is CCCOc1c(Cl)cc(/C=C(\C#N)C(=O)Nc2nccs2)cc1OC. The minimum Gasteiger partial charge on any atom is -0.493 e. The molecule has 0 atom stereocenters. The van der Waals surface area contributed by atoms with Crippen molar-refractivity contribution in [3.05, 3.63) is 39.9 Å². The number of carbonyl (C=O) groups is 1. The Morgan fingerprint density at radius 2 is 2.32 bits per heavy atom. The second-order valence-corrected chi connectivity index (χ2v) is 6.15. The van der Waals surface area contributed by atoms with Crippen molar-refractivity contribution in [3.63, 3.8) is 0 Å². The first kappa shape index (κ1) is 18.8. The van der Waals surface area contributed by atoms with Crippen LogP contribution in [-0.2, 0) is 4.79 Å². The number of rotatable bonds is 7. The quantitative estimate of drug-likeness (QED) is 0.579. The molecule has 0 radical (unpaired) electrons. The van der Waals surface area contributed by atoms with Crippen molar-refractivity contribution in [2.45, 2.75) is 13.3 Å². The summed E-state index contributed by atoms with van der Waals surface area (Å²) in [4.78, 5) is 16.1. The van der Waals surface area contributed by atoms with Crippen LogP contribution in [0.5, 0.6) is 11.5 Å². The predicted octanol–water partition coefficient (Wildman–Crippen LogP) is 4.14. The van der Waals surface area contributed by atoms with E-state index < -0.39 is 5.91 Å². The van der Waals surface area contributed by atoms with Gasteiger partial charge in [0.05, 0.1) is 18.7 Å². The number of nitriles is 1. The standard InChI is InChI=1S/C17H16ClN3O3S/c1-3-5-24-15-13(18)8-11(9-14(15)23-2)7-12(10-19)16(22)21-17-20-4-6-25-17/h4,6-9H,3,5H2,1-2H3,(H,20,21,22)/b12-7+. The first-order valence-corrected chi connectivity index (χ1v) is 8.67. The van der Waals surface area contributed by atoms with Gasteiger partial charge in [-0.1, -0.05) is 18.5 Å². The molecule has 0 saturated heterocycles. The molecule has 25 heavy (non-hydrogen) atoms. The van der Waals surface area contributed by atoms with Gasteiger partial charge in [-0.25, -0.2) is 4.98 Å². The van der Waals surface area contributed by atoms with Crippen LogP contribution in [0.15, 0.2) is 29.3 Å². The van der Waals surface area contributed by atoms with Crippen molar-refractivity contribution in [1.29, 1.82) is 5.26 Å². The molecule has 1 heterocycles. The maximum atomic E-state index is 12.2. The van der Waals surface area contributed by atoms with Crippen molar-refractivity contribution in [1.82, 2.24) is 4.98 Å². The van der Waals surface area contributed by atoms with E-state index in [4.69, 9.17) is 21.1 Å². The molecule has 0 bridgehead atoms. The molecule has 0 aliphatic rings. The zero-order valence-corrected chi connectivity index (χ0v) is 15.3. The fourth-order valence-corrected chi connectivity index (χ4v) is 2.73. The van der Waals surface area contributed by atoms with Crippen LogP contribution >= 0.6 is 22.9 Å². The van der Waals surface area contributed by atoms with Crippen LogP contribution in [0.1, 0.15) is 18.9 Å². The van der Waals surface area contributed by atoms with Crippen molar-refractivity contribution >= 4 is 40.1 Å². The van der Waals surface area contributed by atoms with E-state index in [-0.39, 0.29) is 5.57 Å². The maximum absolute atomic E-state index is 12.2. The summed E-state index contributed by atoms with van der Waals surface area (Å²) in [5.41, 5.74) is 0.479. The number of anilines is 1. The van der Waals surface area contributed by atoms with Gasteiger partial charge in [0.15, 0.2) is 16.6 Å². The number of nitrogens with one attached hydrogen (secondary N) is 1.